The summed E-state index contributed by atoms with van der Waals surface area (Å²) in [5.41, 5.74) is -0.444. The maximum Gasteiger partial charge on any atom is 0.263 e. The van der Waals surface area contributed by atoms with Crippen molar-refractivity contribution < 1.29 is 9.59 Å². The molecular weight excluding hydrogens is 384 g/mol. The number of carbonyl (C=O) groups excluding carboxylic acids is 2. The number of nitrogens with one attached hydrogen (secondary N) is 3. The molecule has 2 heterocycles. The van der Waals surface area contributed by atoms with Gasteiger partial charge in [-0.3, -0.25) is 19.1 Å². The first-order chi connectivity index (χ1) is 13.4. The van der Waals surface area contributed by atoms with Crippen LogP contribution in [-0.2, 0) is 11.3 Å². The molecule has 2 amide bonds. The van der Waals surface area contributed by atoms with E-state index in [1.54, 1.807) is 24.0 Å². The standard InChI is InChI=1S/C18H23ClN6O3/c1-11-21-9-15(17(27)23-11)18(28)24-14-4-2-12(3-5-14)16(26)20-6-7-25-10-13(19)8-22-25/h8-10,12,14H,2-7H2,1H3,(H,20,26)(H,24,28)(H,21,23,27). The monoisotopic (exact) mass is 406 g/mol. The largest absolute Gasteiger partial charge is 0.354 e. The van der Waals surface area contributed by atoms with E-state index in [0.717, 1.165) is 0 Å². The van der Waals surface area contributed by atoms with Crippen molar-refractivity contribution in [1.29, 1.82) is 0 Å². The summed E-state index contributed by atoms with van der Waals surface area (Å²) in [5.74, 6) is -0.0238. The molecule has 3 rings (SSSR count). The van der Waals surface area contributed by atoms with E-state index in [9.17, 15) is 14.4 Å². The molecule has 0 spiro atoms. The van der Waals surface area contributed by atoms with E-state index in [0.29, 0.717) is 49.6 Å². The summed E-state index contributed by atoms with van der Waals surface area (Å²) in [5, 5.41) is 10.4. The summed E-state index contributed by atoms with van der Waals surface area (Å²) in [4.78, 5) is 42.9. The van der Waals surface area contributed by atoms with Crippen LogP contribution < -0.4 is 16.2 Å². The van der Waals surface area contributed by atoms with E-state index in [1.165, 1.54) is 6.20 Å². The van der Waals surface area contributed by atoms with Crippen molar-refractivity contribution in [1.82, 2.24) is 30.4 Å². The molecule has 1 aliphatic carbocycles. The second-order valence-corrected chi connectivity index (χ2v) is 7.38. The molecule has 9 nitrogen and oxygen atoms in total. The van der Waals surface area contributed by atoms with E-state index in [-0.39, 0.29) is 23.4 Å². The van der Waals surface area contributed by atoms with Gasteiger partial charge in [0.25, 0.3) is 11.5 Å². The van der Waals surface area contributed by atoms with Crippen molar-refractivity contribution in [2.24, 2.45) is 5.92 Å². The summed E-state index contributed by atoms with van der Waals surface area (Å²) in [6.45, 7) is 2.69. The number of H-pyrrole nitrogens is 1. The number of carbonyl (C=O) groups is 2. The SMILES string of the molecule is Cc1ncc(C(=O)NC2CCC(C(=O)NCCn3cc(Cl)cn3)CC2)c(=O)[nH]1. The molecule has 2 aromatic heterocycles. The lowest BCUT2D eigenvalue weighted by Crippen LogP contribution is -2.42. The van der Waals surface area contributed by atoms with Crippen molar-refractivity contribution >= 4 is 23.4 Å². The molecule has 150 valence electrons. The number of amides is 2. The van der Waals surface area contributed by atoms with Gasteiger partial charge in [0, 0.05) is 30.9 Å². The zero-order valence-electron chi connectivity index (χ0n) is 15.6. The Morgan fingerprint density at radius 2 is 2.04 bits per heavy atom. The van der Waals surface area contributed by atoms with Gasteiger partial charge in [0.15, 0.2) is 0 Å². The molecule has 1 saturated carbocycles. The number of nitrogens with zero attached hydrogens (tertiary/aromatic N) is 3. The fourth-order valence-corrected chi connectivity index (χ4v) is 3.46. The van der Waals surface area contributed by atoms with Crippen molar-refractivity contribution in [2.45, 2.75) is 45.2 Å². The van der Waals surface area contributed by atoms with Gasteiger partial charge in [-0.15, -0.1) is 0 Å². The summed E-state index contributed by atoms with van der Waals surface area (Å²) in [6, 6.07) is -0.0523. The van der Waals surface area contributed by atoms with E-state index < -0.39 is 11.5 Å². The van der Waals surface area contributed by atoms with Gasteiger partial charge in [-0.1, -0.05) is 11.6 Å². The Morgan fingerprint density at radius 3 is 2.68 bits per heavy atom. The molecule has 0 aliphatic heterocycles. The zero-order chi connectivity index (χ0) is 20.1. The van der Waals surface area contributed by atoms with Crippen molar-refractivity contribution in [3.05, 3.63) is 45.4 Å². The van der Waals surface area contributed by atoms with Crippen LogP contribution in [-0.4, -0.2) is 44.1 Å². The number of aromatic nitrogens is 4. The Morgan fingerprint density at radius 1 is 1.29 bits per heavy atom. The highest BCUT2D eigenvalue weighted by molar-refractivity contribution is 6.30. The van der Waals surface area contributed by atoms with Crippen molar-refractivity contribution in [3.8, 4) is 0 Å². The van der Waals surface area contributed by atoms with Crippen LogP contribution in [0.25, 0.3) is 0 Å². The minimum atomic E-state index is -0.448. The molecule has 2 aromatic rings. The fraction of sp³-hybridized carbons (Fsp3) is 0.500. The number of hydrogen-bond donors (Lipinski definition) is 3. The summed E-state index contributed by atoms with van der Waals surface area (Å²) in [6.07, 6.45) is 7.30. The van der Waals surface area contributed by atoms with E-state index >= 15 is 0 Å². The second kappa shape index (κ2) is 9.01. The average Bonchev–Trinajstić information content (AvgIpc) is 3.07. The van der Waals surface area contributed by atoms with Crippen LogP contribution in [0, 0.1) is 12.8 Å². The molecule has 10 heteroatoms. The van der Waals surface area contributed by atoms with Crippen LogP contribution in [0.15, 0.2) is 23.4 Å². The van der Waals surface area contributed by atoms with Crippen molar-refractivity contribution in [2.75, 3.05) is 6.54 Å². The number of rotatable bonds is 6. The Hall–Kier alpha value is -2.68. The minimum absolute atomic E-state index is 0.00388. The van der Waals surface area contributed by atoms with Crippen molar-refractivity contribution in [3.63, 3.8) is 0 Å². The van der Waals surface area contributed by atoms with Crippen LogP contribution in [0.5, 0.6) is 0 Å². The second-order valence-electron chi connectivity index (χ2n) is 6.95. The lowest BCUT2D eigenvalue weighted by molar-refractivity contribution is -0.126. The first-order valence-corrected chi connectivity index (χ1v) is 9.62. The van der Waals surface area contributed by atoms with Gasteiger partial charge in [-0.2, -0.15) is 5.10 Å². The fourth-order valence-electron chi connectivity index (χ4n) is 3.31. The first kappa shape index (κ1) is 20.1. The maximum atomic E-state index is 12.3. The molecule has 0 atom stereocenters. The van der Waals surface area contributed by atoms with Crippen LogP contribution in [0.1, 0.15) is 41.9 Å². The van der Waals surface area contributed by atoms with Gasteiger partial charge in [-0.25, -0.2) is 4.98 Å². The molecule has 3 N–H and O–H groups in total. The third-order valence-corrected chi connectivity index (χ3v) is 5.04. The van der Waals surface area contributed by atoms with Gasteiger partial charge in [0.1, 0.15) is 11.4 Å². The molecule has 1 aliphatic rings. The van der Waals surface area contributed by atoms with Gasteiger partial charge < -0.3 is 15.6 Å². The molecule has 0 bridgehead atoms. The van der Waals surface area contributed by atoms with Gasteiger partial charge in [0.05, 0.1) is 17.8 Å². The summed E-state index contributed by atoms with van der Waals surface area (Å²) >= 11 is 5.80. The quantitative estimate of drug-likeness (QED) is 0.661. The number of hydrogen-bond acceptors (Lipinski definition) is 5. The predicted molar refractivity (Wildman–Crippen MR) is 103 cm³/mol. The van der Waals surface area contributed by atoms with Crippen LogP contribution in [0.2, 0.25) is 5.02 Å². The van der Waals surface area contributed by atoms with Gasteiger partial charge in [0.2, 0.25) is 5.91 Å². The van der Waals surface area contributed by atoms with E-state index in [4.69, 9.17) is 11.6 Å². The highest BCUT2D eigenvalue weighted by atomic mass is 35.5. The smallest absolute Gasteiger partial charge is 0.263 e. The minimum Gasteiger partial charge on any atom is -0.354 e. The molecule has 1 fully saturated rings. The summed E-state index contributed by atoms with van der Waals surface area (Å²) in [7, 11) is 0. The Labute approximate surface area is 166 Å². The maximum absolute atomic E-state index is 12.3. The van der Waals surface area contributed by atoms with E-state index in [2.05, 4.69) is 25.7 Å². The zero-order valence-corrected chi connectivity index (χ0v) is 16.3. The lowest BCUT2D eigenvalue weighted by Gasteiger charge is -2.28. The van der Waals surface area contributed by atoms with Gasteiger partial charge in [-0.05, 0) is 32.6 Å². The molecule has 0 saturated heterocycles. The first-order valence-electron chi connectivity index (χ1n) is 9.25. The van der Waals surface area contributed by atoms with Crippen LogP contribution in [0.4, 0.5) is 0 Å². The number of aryl methyl sites for hydroxylation is 1. The number of halogens is 1. The lowest BCUT2D eigenvalue weighted by atomic mass is 9.85. The predicted octanol–water partition coefficient (Wildman–Crippen LogP) is 1.03. The average molecular weight is 407 g/mol. The Kier molecular flexibility index (Phi) is 6.45. The third-order valence-electron chi connectivity index (χ3n) is 4.85. The molecular formula is C18H23ClN6O3. The van der Waals surface area contributed by atoms with E-state index in [1.807, 2.05) is 0 Å². The van der Waals surface area contributed by atoms with Crippen LogP contribution in [0.3, 0.4) is 0 Å². The molecule has 0 unspecified atom stereocenters. The Balaban J connectivity index is 1.41. The highest BCUT2D eigenvalue weighted by Gasteiger charge is 2.27. The molecule has 28 heavy (non-hydrogen) atoms. The molecule has 0 aromatic carbocycles. The topological polar surface area (TPSA) is 122 Å². The normalized spacial score (nSPS) is 19.2. The molecule has 0 radical (unpaired) electrons. The number of aromatic amines is 1. The Bertz CT molecular complexity index is 901. The third kappa shape index (κ3) is 5.19. The van der Waals surface area contributed by atoms with Gasteiger partial charge >= 0.3 is 0 Å². The summed E-state index contributed by atoms with van der Waals surface area (Å²) < 4.78 is 1.68. The van der Waals surface area contributed by atoms with Crippen LogP contribution >= 0.6 is 11.6 Å². The highest BCUT2D eigenvalue weighted by Crippen LogP contribution is 2.24.